The lowest BCUT2D eigenvalue weighted by Crippen LogP contribution is -2.56. The molecular formula is C21H42NO3+. The number of hydrogen-bond donors (Lipinski definition) is 2. The van der Waals surface area contributed by atoms with E-state index in [0.717, 1.165) is 68.9 Å². The van der Waals surface area contributed by atoms with Gasteiger partial charge in [-0.1, -0.05) is 46.1 Å². The Balaban J connectivity index is 5.07. The van der Waals surface area contributed by atoms with Crippen molar-refractivity contribution in [3.8, 4) is 0 Å². The van der Waals surface area contributed by atoms with Gasteiger partial charge in [-0.05, 0) is 38.5 Å². The van der Waals surface area contributed by atoms with E-state index in [1.807, 2.05) is 13.0 Å². The highest BCUT2D eigenvalue weighted by Crippen LogP contribution is 2.21. The molecule has 0 radical (unpaired) electrons. The molecule has 4 heteroatoms. The molecule has 0 amide bonds. The van der Waals surface area contributed by atoms with E-state index < -0.39 is 5.97 Å². The van der Waals surface area contributed by atoms with E-state index in [-0.39, 0.29) is 12.0 Å². The fourth-order valence-electron chi connectivity index (χ4n) is 3.59. The number of hydrogen-bond acceptors (Lipinski definition) is 2. The van der Waals surface area contributed by atoms with Gasteiger partial charge in [0.1, 0.15) is 18.6 Å². The lowest BCUT2D eigenvalue weighted by atomic mass is 10.0. The van der Waals surface area contributed by atoms with Crippen LogP contribution in [0.2, 0.25) is 0 Å². The molecule has 0 fully saturated rings. The number of unbranched alkanes of at least 4 members (excludes halogenated alkanes) is 4. The topological polar surface area (TPSA) is 57.5 Å². The van der Waals surface area contributed by atoms with Crippen LogP contribution in [0.1, 0.15) is 78.6 Å². The molecule has 2 atom stereocenters. The number of carboxylic acid groups (broad SMARTS) is 1. The monoisotopic (exact) mass is 356 g/mol. The molecule has 4 nitrogen and oxygen atoms in total. The largest absolute Gasteiger partial charge is 0.481 e. The van der Waals surface area contributed by atoms with Gasteiger partial charge in [0.2, 0.25) is 0 Å². The number of nitrogens with zero attached hydrogens (tertiary/aromatic N) is 1. The minimum Gasteiger partial charge on any atom is -0.481 e. The van der Waals surface area contributed by atoms with Crippen LogP contribution in [-0.4, -0.2) is 52.9 Å². The van der Waals surface area contributed by atoms with Crippen LogP contribution in [0.25, 0.3) is 0 Å². The zero-order valence-electron chi connectivity index (χ0n) is 16.9. The number of carboxylic acids is 1. The average molecular weight is 357 g/mol. The average Bonchev–Trinajstić information content (AvgIpc) is 2.59. The lowest BCUT2D eigenvalue weighted by molar-refractivity contribution is -0.933. The highest BCUT2D eigenvalue weighted by Gasteiger charge is 2.34. The molecule has 0 bridgehead atoms. The van der Waals surface area contributed by atoms with E-state index >= 15 is 0 Å². The number of aliphatic hydroxyl groups excluding tert-OH is 1. The highest BCUT2D eigenvalue weighted by molar-refractivity contribution is 5.69. The fraction of sp³-hybridized carbons (Fsp3) is 0.857. The highest BCUT2D eigenvalue weighted by atomic mass is 16.4. The Hall–Kier alpha value is -0.870. The summed E-state index contributed by atoms with van der Waals surface area (Å²) in [6.45, 7) is 13.3. The summed E-state index contributed by atoms with van der Waals surface area (Å²) in [5.74, 6) is -1.01. The van der Waals surface area contributed by atoms with Gasteiger partial charge >= 0.3 is 5.97 Å². The van der Waals surface area contributed by atoms with Gasteiger partial charge in [0.15, 0.2) is 0 Å². The summed E-state index contributed by atoms with van der Waals surface area (Å²) >= 11 is 0. The summed E-state index contributed by atoms with van der Waals surface area (Å²) in [7, 11) is 0. The Morgan fingerprint density at radius 2 is 1.64 bits per heavy atom. The maximum absolute atomic E-state index is 11.6. The molecule has 0 aliphatic heterocycles. The van der Waals surface area contributed by atoms with Gasteiger partial charge in [0, 0.05) is 0 Å². The molecular weight excluding hydrogens is 314 g/mol. The number of quaternary nitrogens is 1. The van der Waals surface area contributed by atoms with Crippen LogP contribution in [0.4, 0.5) is 0 Å². The van der Waals surface area contributed by atoms with Crippen LogP contribution < -0.4 is 0 Å². The summed E-state index contributed by atoms with van der Waals surface area (Å²) in [4.78, 5) is 11.6. The maximum Gasteiger partial charge on any atom is 0.312 e. The van der Waals surface area contributed by atoms with Gasteiger partial charge in [0.25, 0.3) is 0 Å². The van der Waals surface area contributed by atoms with Crippen LogP contribution in [0.5, 0.6) is 0 Å². The van der Waals surface area contributed by atoms with E-state index in [9.17, 15) is 15.0 Å². The summed E-state index contributed by atoms with van der Waals surface area (Å²) in [5.41, 5.74) is 0. The van der Waals surface area contributed by atoms with Gasteiger partial charge < -0.3 is 14.7 Å². The molecule has 0 heterocycles. The first kappa shape index (κ1) is 24.1. The van der Waals surface area contributed by atoms with E-state index in [0.29, 0.717) is 19.5 Å². The predicted molar refractivity (Wildman–Crippen MR) is 106 cm³/mol. The van der Waals surface area contributed by atoms with Crippen molar-refractivity contribution in [2.24, 2.45) is 5.92 Å². The fourth-order valence-corrected chi connectivity index (χ4v) is 3.59. The minimum absolute atomic E-state index is 0.318. The predicted octanol–water partition coefficient (Wildman–Crippen LogP) is 4.62. The van der Waals surface area contributed by atoms with Crippen molar-refractivity contribution < 1.29 is 19.5 Å². The Kier molecular flexibility index (Phi) is 13.8. The van der Waals surface area contributed by atoms with Crippen molar-refractivity contribution in [2.75, 3.05) is 26.2 Å². The first-order valence-electron chi connectivity index (χ1n) is 10.3. The summed E-state index contributed by atoms with van der Waals surface area (Å²) in [6.07, 6.45) is 10.5. The third-order valence-electron chi connectivity index (χ3n) is 5.22. The summed E-state index contributed by atoms with van der Waals surface area (Å²) in [5, 5.41) is 20.2. The smallest absolute Gasteiger partial charge is 0.312 e. The molecule has 0 aliphatic carbocycles. The van der Waals surface area contributed by atoms with E-state index in [4.69, 9.17) is 0 Å². The van der Waals surface area contributed by atoms with E-state index in [1.165, 1.54) is 0 Å². The number of aliphatic carboxylic acids is 1. The second-order valence-corrected chi connectivity index (χ2v) is 7.53. The lowest BCUT2D eigenvalue weighted by Gasteiger charge is -2.42. The van der Waals surface area contributed by atoms with Crippen molar-refractivity contribution in [1.82, 2.24) is 0 Å². The first-order chi connectivity index (χ1) is 11.9. The molecule has 0 spiro atoms. The zero-order chi connectivity index (χ0) is 19.1. The van der Waals surface area contributed by atoms with Gasteiger partial charge in [-0.25, -0.2) is 0 Å². The molecule has 2 N–H and O–H groups in total. The van der Waals surface area contributed by atoms with Crippen LogP contribution in [-0.2, 0) is 4.79 Å². The normalized spacial score (nSPS) is 14.2. The Labute approximate surface area is 155 Å². The van der Waals surface area contributed by atoms with Crippen LogP contribution in [0.3, 0.4) is 0 Å². The standard InChI is InChI=1S/C21H41NO3/c1-5-9-12-13-14-20(23)18-22(15-10-6-2,16-11-7-3)17-19(8-4)21(24)25/h5,19-20,23H,1,6-18H2,2-4H3/p+1. The van der Waals surface area contributed by atoms with E-state index in [2.05, 4.69) is 20.4 Å². The maximum atomic E-state index is 11.6. The van der Waals surface area contributed by atoms with Crippen LogP contribution in [0.15, 0.2) is 12.7 Å². The molecule has 0 aliphatic rings. The summed E-state index contributed by atoms with van der Waals surface area (Å²) < 4.78 is 0.759. The number of aliphatic hydroxyl groups is 1. The Morgan fingerprint density at radius 3 is 2.08 bits per heavy atom. The Morgan fingerprint density at radius 1 is 1.04 bits per heavy atom. The third kappa shape index (κ3) is 10.7. The first-order valence-corrected chi connectivity index (χ1v) is 10.3. The Bertz CT molecular complexity index is 349. The van der Waals surface area contributed by atoms with Crippen molar-refractivity contribution in [3.63, 3.8) is 0 Å². The van der Waals surface area contributed by atoms with Crippen molar-refractivity contribution in [2.45, 2.75) is 84.7 Å². The molecule has 0 aromatic rings. The molecule has 0 aromatic carbocycles. The van der Waals surface area contributed by atoms with Crippen molar-refractivity contribution in [1.29, 1.82) is 0 Å². The van der Waals surface area contributed by atoms with Gasteiger partial charge in [-0.15, -0.1) is 6.58 Å². The second-order valence-electron chi connectivity index (χ2n) is 7.53. The summed E-state index contributed by atoms with van der Waals surface area (Å²) in [6, 6.07) is 0. The number of rotatable bonds is 17. The van der Waals surface area contributed by atoms with E-state index in [1.54, 1.807) is 0 Å². The van der Waals surface area contributed by atoms with Crippen LogP contribution >= 0.6 is 0 Å². The van der Waals surface area contributed by atoms with Gasteiger partial charge in [-0.2, -0.15) is 0 Å². The number of allylic oxidation sites excluding steroid dienone is 1. The SMILES string of the molecule is C=CCCCCC(O)C[N+](CCCC)(CCCC)CC(CC)C(=O)O. The van der Waals surface area contributed by atoms with Gasteiger partial charge in [0.05, 0.1) is 19.6 Å². The second kappa shape index (κ2) is 14.3. The van der Waals surface area contributed by atoms with Crippen LogP contribution in [0, 0.1) is 5.92 Å². The molecule has 148 valence electrons. The molecule has 0 saturated heterocycles. The third-order valence-corrected chi connectivity index (χ3v) is 5.22. The quantitative estimate of drug-likeness (QED) is 0.227. The van der Waals surface area contributed by atoms with Crippen molar-refractivity contribution >= 4 is 5.97 Å². The van der Waals surface area contributed by atoms with Crippen molar-refractivity contribution in [3.05, 3.63) is 12.7 Å². The molecule has 0 saturated carbocycles. The minimum atomic E-state index is -0.696. The molecule has 25 heavy (non-hydrogen) atoms. The molecule has 0 aromatic heterocycles. The molecule has 2 unspecified atom stereocenters. The van der Waals surface area contributed by atoms with Gasteiger partial charge in [-0.3, -0.25) is 4.79 Å². The molecule has 0 rings (SSSR count). The number of carbonyl (C=O) groups is 1. The zero-order valence-corrected chi connectivity index (χ0v) is 16.9.